The van der Waals surface area contributed by atoms with Gasteiger partial charge < -0.3 is 5.73 Å². The van der Waals surface area contributed by atoms with E-state index in [2.05, 4.69) is 24.4 Å². The highest BCUT2D eigenvalue weighted by Crippen LogP contribution is 2.13. The third-order valence-electron chi connectivity index (χ3n) is 1.87. The highest BCUT2D eigenvalue weighted by Gasteiger charge is 1.99. The number of nitrogens with two attached hydrogens (primary N) is 1. The lowest BCUT2D eigenvalue weighted by atomic mass is 10.1. The summed E-state index contributed by atoms with van der Waals surface area (Å²) >= 11 is 1.83. The molecule has 0 bridgehead atoms. The molecule has 11 heavy (non-hydrogen) atoms. The minimum atomic E-state index is 0.664. The lowest BCUT2D eigenvalue weighted by Crippen LogP contribution is -2.10. The van der Waals surface area contributed by atoms with Gasteiger partial charge in [0, 0.05) is 4.88 Å². The van der Waals surface area contributed by atoms with Crippen molar-refractivity contribution >= 4 is 11.3 Å². The molecule has 1 aromatic heterocycles. The van der Waals surface area contributed by atoms with E-state index >= 15 is 0 Å². The number of aryl methyl sites for hydroxylation is 1. The molecule has 0 aliphatic heterocycles. The summed E-state index contributed by atoms with van der Waals surface area (Å²) in [5.41, 5.74) is 5.51. The first-order valence-electron chi connectivity index (χ1n) is 4.05. The Balaban J connectivity index is 2.23. The van der Waals surface area contributed by atoms with Crippen LogP contribution in [-0.2, 0) is 6.42 Å². The van der Waals surface area contributed by atoms with Gasteiger partial charge in [-0.25, -0.2) is 0 Å². The van der Waals surface area contributed by atoms with Crippen LogP contribution in [0.4, 0.5) is 0 Å². The average Bonchev–Trinajstić information content (AvgIpc) is 2.52. The molecule has 0 aliphatic carbocycles. The summed E-state index contributed by atoms with van der Waals surface area (Å²) in [5.74, 6) is 0.664. The zero-order valence-corrected chi connectivity index (χ0v) is 7.73. The van der Waals surface area contributed by atoms with Gasteiger partial charge in [0.2, 0.25) is 0 Å². The molecule has 2 heteroatoms. The maximum Gasteiger partial charge on any atom is 0.00453 e. The molecule has 1 rings (SSSR count). The maximum atomic E-state index is 5.51. The van der Waals surface area contributed by atoms with E-state index in [1.165, 1.54) is 17.7 Å². The summed E-state index contributed by atoms with van der Waals surface area (Å²) in [6.07, 6.45) is 2.41. The van der Waals surface area contributed by atoms with Gasteiger partial charge in [0.05, 0.1) is 0 Å². The average molecular weight is 169 g/mol. The molecular formula is C9H15NS. The Morgan fingerprint density at radius 1 is 1.64 bits per heavy atom. The van der Waals surface area contributed by atoms with Crippen molar-refractivity contribution in [3.05, 3.63) is 22.4 Å². The summed E-state index contributed by atoms with van der Waals surface area (Å²) < 4.78 is 0. The van der Waals surface area contributed by atoms with Crippen LogP contribution < -0.4 is 5.73 Å². The summed E-state index contributed by atoms with van der Waals surface area (Å²) in [6.45, 7) is 3.01. The Bertz CT molecular complexity index is 181. The number of thiophene rings is 1. The van der Waals surface area contributed by atoms with Crippen LogP contribution in [0.25, 0.3) is 0 Å². The van der Waals surface area contributed by atoms with Gasteiger partial charge in [-0.05, 0) is 36.8 Å². The number of rotatable bonds is 4. The Labute approximate surface area is 72.2 Å². The smallest absolute Gasteiger partial charge is 0.00453 e. The van der Waals surface area contributed by atoms with Crippen molar-refractivity contribution in [2.75, 3.05) is 6.54 Å². The Morgan fingerprint density at radius 3 is 3.00 bits per heavy atom. The second kappa shape index (κ2) is 4.52. The molecule has 0 fully saturated rings. The van der Waals surface area contributed by atoms with Crippen LogP contribution in [0.15, 0.2) is 17.5 Å². The first-order chi connectivity index (χ1) is 5.33. The Hall–Kier alpha value is -0.340. The van der Waals surface area contributed by atoms with E-state index in [9.17, 15) is 0 Å². The van der Waals surface area contributed by atoms with E-state index in [-0.39, 0.29) is 0 Å². The van der Waals surface area contributed by atoms with Gasteiger partial charge in [0.15, 0.2) is 0 Å². The minimum absolute atomic E-state index is 0.664. The second-order valence-electron chi connectivity index (χ2n) is 2.96. The molecule has 0 aromatic carbocycles. The van der Waals surface area contributed by atoms with Crippen molar-refractivity contribution in [1.82, 2.24) is 0 Å². The van der Waals surface area contributed by atoms with Crippen molar-refractivity contribution in [3.63, 3.8) is 0 Å². The van der Waals surface area contributed by atoms with E-state index in [4.69, 9.17) is 5.73 Å². The second-order valence-corrected chi connectivity index (χ2v) is 3.99. The normalized spacial score (nSPS) is 13.3. The van der Waals surface area contributed by atoms with Crippen LogP contribution in [0.3, 0.4) is 0 Å². The predicted molar refractivity (Wildman–Crippen MR) is 50.9 cm³/mol. The van der Waals surface area contributed by atoms with Crippen LogP contribution >= 0.6 is 11.3 Å². The summed E-state index contributed by atoms with van der Waals surface area (Å²) in [6, 6.07) is 4.29. The molecule has 0 radical (unpaired) electrons. The molecule has 1 unspecified atom stereocenters. The van der Waals surface area contributed by atoms with Crippen molar-refractivity contribution < 1.29 is 0 Å². The topological polar surface area (TPSA) is 26.0 Å². The van der Waals surface area contributed by atoms with E-state index in [1.54, 1.807) is 0 Å². The van der Waals surface area contributed by atoms with Gasteiger partial charge in [-0.3, -0.25) is 0 Å². The Kier molecular flexibility index (Phi) is 3.60. The largest absolute Gasteiger partial charge is 0.330 e. The van der Waals surface area contributed by atoms with E-state index in [1.807, 2.05) is 11.3 Å². The first-order valence-corrected chi connectivity index (χ1v) is 4.93. The molecule has 0 saturated heterocycles. The zero-order chi connectivity index (χ0) is 8.10. The zero-order valence-electron chi connectivity index (χ0n) is 6.92. The van der Waals surface area contributed by atoms with Crippen LogP contribution in [-0.4, -0.2) is 6.54 Å². The summed E-state index contributed by atoms with van der Waals surface area (Å²) in [5, 5.41) is 2.13. The number of hydrogen-bond donors (Lipinski definition) is 1. The lowest BCUT2D eigenvalue weighted by Gasteiger charge is -2.05. The van der Waals surface area contributed by atoms with Crippen molar-refractivity contribution in [2.45, 2.75) is 19.8 Å². The molecule has 1 atom stereocenters. The van der Waals surface area contributed by atoms with Gasteiger partial charge in [0.25, 0.3) is 0 Å². The first kappa shape index (κ1) is 8.75. The third kappa shape index (κ3) is 3.04. The molecule has 1 nitrogen and oxygen atoms in total. The molecule has 0 saturated carbocycles. The lowest BCUT2D eigenvalue weighted by molar-refractivity contribution is 0.547. The number of hydrogen-bond acceptors (Lipinski definition) is 2. The van der Waals surface area contributed by atoms with E-state index in [0.717, 1.165) is 6.54 Å². The van der Waals surface area contributed by atoms with Crippen LogP contribution in [0.5, 0.6) is 0 Å². The fourth-order valence-corrected chi connectivity index (χ4v) is 1.69. The SMILES string of the molecule is CC(CN)CCc1cccs1. The Morgan fingerprint density at radius 2 is 2.45 bits per heavy atom. The minimum Gasteiger partial charge on any atom is -0.330 e. The van der Waals surface area contributed by atoms with Crippen LogP contribution in [0.1, 0.15) is 18.2 Å². The van der Waals surface area contributed by atoms with Crippen LogP contribution in [0, 0.1) is 5.92 Å². The van der Waals surface area contributed by atoms with Crippen molar-refractivity contribution in [2.24, 2.45) is 11.7 Å². The third-order valence-corrected chi connectivity index (χ3v) is 2.80. The molecule has 2 N–H and O–H groups in total. The molecule has 1 heterocycles. The molecular weight excluding hydrogens is 154 g/mol. The van der Waals surface area contributed by atoms with E-state index in [0.29, 0.717) is 5.92 Å². The molecule has 1 aromatic rings. The quantitative estimate of drug-likeness (QED) is 0.735. The fourth-order valence-electron chi connectivity index (χ4n) is 0.961. The van der Waals surface area contributed by atoms with Gasteiger partial charge in [-0.15, -0.1) is 11.3 Å². The molecule has 0 amide bonds. The highest BCUT2D eigenvalue weighted by molar-refractivity contribution is 7.09. The molecule has 62 valence electrons. The van der Waals surface area contributed by atoms with Crippen LogP contribution in [0.2, 0.25) is 0 Å². The van der Waals surface area contributed by atoms with Gasteiger partial charge in [-0.1, -0.05) is 13.0 Å². The molecule has 0 aliphatic rings. The summed E-state index contributed by atoms with van der Waals surface area (Å²) in [7, 11) is 0. The molecule has 0 spiro atoms. The van der Waals surface area contributed by atoms with Crippen molar-refractivity contribution in [1.29, 1.82) is 0 Å². The maximum absolute atomic E-state index is 5.51. The highest BCUT2D eigenvalue weighted by atomic mass is 32.1. The van der Waals surface area contributed by atoms with Gasteiger partial charge in [0.1, 0.15) is 0 Å². The monoisotopic (exact) mass is 169 g/mol. The van der Waals surface area contributed by atoms with Crippen molar-refractivity contribution in [3.8, 4) is 0 Å². The van der Waals surface area contributed by atoms with Gasteiger partial charge in [-0.2, -0.15) is 0 Å². The van der Waals surface area contributed by atoms with E-state index < -0.39 is 0 Å². The standard InChI is InChI=1S/C9H15NS/c1-8(7-10)4-5-9-3-2-6-11-9/h2-3,6,8H,4-5,7,10H2,1H3. The van der Waals surface area contributed by atoms with Gasteiger partial charge >= 0.3 is 0 Å². The fraction of sp³-hybridized carbons (Fsp3) is 0.556. The predicted octanol–water partition coefficient (Wildman–Crippen LogP) is 2.28. The summed E-state index contributed by atoms with van der Waals surface area (Å²) in [4.78, 5) is 1.48.